The maximum Gasteiger partial charge on any atom is 0.314 e. The Morgan fingerprint density at radius 1 is 1.19 bits per heavy atom. The van der Waals surface area contributed by atoms with E-state index in [0.29, 0.717) is 5.71 Å². The van der Waals surface area contributed by atoms with Gasteiger partial charge < -0.3 is 9.84 Å². The molecule has 0 saturated carbocycles. The normalized spacial score (nSPS) is 12.9. The summed E-state index contributed by atoms with van der Waals surface area (Å²) in [6, 6.07) is 10.6. The zero-order valence-electron chi connectivity index (χ0n) is 15.4. The summed E-state index contributed by atoms with van der Waals surface area (Å²) < 4.78 is 5.07. The minimum atomic E-state index is -0.543. The topological polar surface area (TPSA) is 88.0 Å². The Hall–Kier alpha value is -2.89. The van der Waals surface area contributed by atoms with Gasteiger partial charge in [-0.05, 0) is 42.7 Å². The second-order valence-corrected chi connectivity index (χ2v) is 6.38. The summed E-state index contributed by atoms with van der Waals surface area (Å²) in [6.45, 7) is 7.47. The van der Waals surface area contributed by atoms with Crippen LogP contribution in [0.1, 0.15) is 38.1 Å². The van der Waals surface area contributed by atoms with Gasteiger partial charge in [-0.1, -0.05) is 38.1 Å². The Morgan fingerprint density at radius 2 is 1.81 bits per heavy atom. The number of nitrogens with one attached hydrogen (secondary N) is 1. The molecule has 2 N–H and O–H groups in total. The predicted octanol–water partition coefficient (Wildman–Crippen LogP) is 3.49. The van der Waals surface area contributed by atoms with Gasteiger partial charge >= 0.3 is 5.97 Å². The largest absolute Gasteiger partial charge is 0.507 e. The van der Waals surface area contributed by atoms with Gasteiger partial charge in [0.25, 0.3) is 5.91 Å². The van der Waals surface area contributed by atoms with E-state index in [9.17, 15) is 14.7 Å². The minimum Gasteiger partial charge on any atom is -0.507 e. The summed E-state index contributed by atoms with van der Waals surface area (Å²) in [5.74, 6) is -1.60. The van der Waals surface area contributed by atoms with Crippen molar-refractivity contribution < 1.29 is 19.4 Å². The predicted molar refractivity (Wildman–Crippen MR) is 101 cm³/mol. The number of carbonyl (C=O) groups excluding carboxylic acids is 2. The third-order valence-electron chi connectivity index (χ3n) is 4.10. The number of benzene rings is 2. The molecule has 0 aliphatic carbocycles. The Labute approximate surface area is 152 Å². The number of esters is 1. The zero-order chi connectivity index (χ0) is 19.3. The van der Waals surface area contributed by atoms with E-state index in [1.807, 2.05) is 38.1 Å². The number of hydrogen-bond acceptors (Lipinski definition) is 5. The number of phenolic OH excluding ortho intramolecular Hbond substituents is 1. The highest BCUT2D eigenvalue weighted by Crippen LogP contribution is 2.25. The molecule has 1 unspecified atom stereocenters. The van der Waals surface area contributed by atoms with E-state index in [1.54, 1.807) is 19.9 Å². The summed E-state index contributed by atoms with van der Waals surface area (Å²) in [5, 5.41) is 15.8. The summed E-state index contributed by atoms with van der Waals surface area (Å²) in [6.07, 6.45) is 0. The van der Waals surface area contributed by atoms with Crippen LogP contribution in [-0.2, 0) is 9.53 Å². The molecule has 2 aromatic carbocycles. The number of hydrogen-bond donors (Lipinski definition) is 2. The number of amides is 1. The molecule has 1 atom stereocenters. The number of carbonyl (C=O) groups is 2. The summed E-state index contributed by atoms with van der Waals surface area (Å²) in [5.41, 5.74) is 2.99. The van der Waals surface area contributed by atoms with Gasteiger partial charge in [-0.2, -0.15) is 5.10 Å². The van der Waals surface area contributed by atoms with Gasteiger partial charge in [-0.15, -0.1) is 0 Å². The molecule has 0 spiro atoms. The van der Waals surface area contributed by atoms with Crippen LogP contribution >= 0.6 is 0 Å². The van der Waals surface area contributed by atoms with E-state index in [2.05, 4.69) is 10.5 Å². The molecule has 1 amide bonds. The van der Waals surface area contributed by atoms with Crippen molar-refractivity contribution in [3.63, 3.8) is 0 Å². The Morgan fingerprint density at radius 3 is 2.38 bits per heavy atom. The lowest BCUT2D eigenvalue weighted by atomic mass is 9.92. The lowest BCUT2D eigenvalue weighted by Crippen LogP contribution is -2.31. The van der Waals surface area contributed by atoms with Crippen LogP contribution in [0.5, 0.6) is 5.75 Å². The molecule has 0 fully saturated rings. The fourth-order valence-electron chi connectivity index (χ4n) is 2.84. The van der Waals surface area contributed by atoms with Crippen LogP contribution in [0.2, 0.25) is 0 Å². The molecule has 6 heteroatoms. The van der Waals surface area contributed by atoms with Crippen LogP contribution in [0.3, 0.4) is 0 Å². The van der Waals surface area contributed by atoms with Gasteiger partial charge in [0.1, 0.15) is 5.75 Å². The van der Waals surface area contributed by atoms with Crippen molar-refractivity contribution in [3.8, 4) is 5.75 Å². The van der Waals surface area contributed by atoms with Crippen LogP contribution in [0, 0.1) is 11.8 Å². The van der Waals surface area contributed by atoms with E-state index >= 15 is 0 Å². The Bertz CT molecular complexity index is 843. The van der Waals surface area contributed by atoms with Crippen molar-refractivity contribution in [1.29, 1.82) is 0 Å². The molecule has 0 radical (unpaired) electrons. The first-order chi connectivity index (χ1) is 12.3. The maximum absolute atomic E-state index is 12.4. The summed E-state index contributed by atoms with van der Waals surface area (Å²) in [4.78, 5) is 24.5. The molecule has 6 nitrogen and oxygen atoms in total. The molecule has 138 valence electrons. The first-order valence-corrected chi connectivity index (χ1v) is 8.58. The van der Waals surface area contributed by atoms with Crippen molar-refractivity contribution in [2.45, 2.75) is 27.7 Å². The quantitative estimate of drug-likeness (QED) is 0.471. The highest BCUT2D eigenvalue weighted by Gasteiger charge is 2.27. The van der Waals surface area contributed by atoms with Gasteiger partial charge in [0.2, 0.25) is 0 Å². The third kappa shape index (κ3) is 4.39. The first kappa shape index (κ1) is 19.4. The van der Waals surface area contributed by atoms with Gasteiger partial charge in [-0.3, -0.25) is 9.59 Å². The van der Waals surface area contributed by atoms with Gasteiger partial charge in [0.05, 0.1) is 18.1 Å². The van der Waals surface area contributed by atoms with Crippen molar-refractivity contribution in [3.05, 3.63) is 42.0 Å². The maximum atomic E-state index is 12.4. The van der Waals surface area contributed by atoms with E-state index in [1.165, 1.54) is 6.07 Å². The van der Waals surface area contributed by atoms with Crippen molar-refractivity contribution >= 4 is 28.4 Å². The van der Waals surface area contributed by atoms with Crippen molar-refractivity contribution in [2.24, 2.45) is 16.9 Å². The average molecular weight is 356 g/mol. The molecule has 0 heterocycles. The number of phenols is 1. The first-order valence-electron chi connectivity index (χ1n) is 8.58. The fourth-order valence-corrected chi connectivity index (χ4v) is 2.84. The molecular formula is C20H24N2O4. The highest BCUT2D eigenvalue weighted by atomic mass is 16.5. The Balaban J connectivity index is 2.22. The molecule has 2 aromatic rings. The molecular weight excluding hydrogens is 332 g/mol. The molecule has 0 aliphatic heterocycles. The molecule has 0 saturated heterocycles. The van der Waals surface area contributed by atoms with Crippen LogP contribution < -0.4 is 5.43 Å². The molecule has 2 rings (SSSR count). The molecule has 0 bridgehead atoms. The zero-order valence-corrected chi connectivity index (χ0v) is 15.4. The number of rotatable bonds is 6. The average Bonchev–Trinajstić information content (AvgIpc) is 2.59. The number of nitrogens with zero attached hydrogens (tertiary/aromatic N) is 1. The van der Waals surface area contributed by atoms with Crippen LogP contribution in [-0.4, -0.2) is 29.3 Å². The number of ether oxygens (including phenoxy) is 1. The number of fused-ring (bicyclic) bond motifs is 1. The second-order valence-electron chi connectivity index (χ2n) is 6.38. The molecule has 0 aromatic heterocycles. The van der Waals surface area contributed by atoms with Gasteiger partial charge in [0.15, 0.2) is 0 Å². The van der Waals surface area contributed by atoms with Crippen molar-refractivity contribution in [1.82, 2.24) is 5.43 Å². The van der Waals surface area contributed by atoms with Gasteiger partial charge in [0, 0.05) is 5.71 Å². The SMILES string of the molecule is CCOC(=O)C(C(C)=NNC(=O)c1cc2ccccc2cc1O)C(C)C. The number of hydrazone groups is 1. The van der Waals surface area contributed by atoms with Gasteiger partial charge in [-0.25, -0.2) is 5.43 Å². The second kappa shape index (κ2) is 8.47. The smallest absolute Gasteiger partial charge is 0.314 e. The van der Waals surface area contributed by atoms with E-state index in [4.69, 9.17) is 4.74 Å². The van der Waals surface area contributed by atoms with E-state index in [-0.39, 0.29) is 29.8 Å². The van der Waals surface area contributed by atoms with Crippen molar-refractivity contribution in [2.75, 3.05) is 6.61 Å². The lowest BCUT2D eigenvalue weighted by Gasteiger charge is -2.18. The van der Waals surface area contributed by atoms with Crippen LogP contribution in [0.25, 0.3) is 10.8 Å². The monoisotopic (exact) mass is 356 g/mol. The number of aromatic hydroxyl groups is 1. The van der Waals surface area contributed by atoms with E-state index in [0.717, 1.165) is 10.8 Å². The summed E-state index contributed by atoms with van der Waals surface area (Å²) in [7, 11) is 0. The summed E-state index contributed by atoms with van der Waals surface area (Å²) >= 11 is 0. The molecule has 0 aliphatic rings. The van der Waals surface area contributed by atoms with Crippen LogP contribution in [0.15, 0.2) is 41.5 Å². The van der Waals surface area contributed by atoms with E-state index < -0.39 is 11.8 Å². The minimum absolute atomic E-state index is 0.0243. The lowest BCUT2D eigenvalue weighted by molar-refractivity contribution is -0.146. The third-order valence-corrected chi connectivity index (χ3v) is 4.10. The highest BCUT2D eigenvalue weighted by molar-refractivity contribution is 6.04. The fraction of sp³-hybridized carbons (Fsp3) is 0.350. The molecule has 26 heavy (non-hydrogen) atoms. The standard InChI is InChI=1S/C20H24N2O4/c1-5-26-20(25)18(12(2)3)13(4)21-22-19(24)16-10-14-8-6-7-9-15(14)11-17(16)23/h6-12,18,23H,5H2,1-4H3,(H,22,24). The van der Waals surface area contributed by atoms with Crippen LogP contribution in [0.4, 0.5) is 0 Å². The Kier molecular flexibility index (Phi) is 6.33.